The van der Waals surface area contributed by atoms with E-state index in [1.54, 1.807) is 0 Å². The lowest BCUT2D eigenvalue weighted by Gasteiger charge is -2.25. The molecule has 0 unspecified atom stereocenters. The lowest BCUT2D eigenvalue weighted by atomic mass is 10.1. The van der Waals surface area contributed by atoms with Gasteiger partial charge in [0.2, 0.25) is 12.2 Å². The van der Waals surface area contributed by atoms with Gasteiger partial charge in [0, 0.05) is 12.8 Å². The molecule has 0 rings (SSSR count). The molecule has 8 nitrogen and oxygen atoms in total. The summed E-state index contributed by atoms with van der Waals surface area (Å²) in [4.78, 5) is 47.0. The Balaban J connectivity index is 5.28. The second-order valence-electron chi connectivity index (χ2n) is 5.83. The van der Waals surface area contributed by atoms with Gasteiger partial charge in [0.15, 0.2) is 0 Å². The number of esters is 3. The van der Waals surface area contributed by atoms with E-state index >= 15 is 0 Å². The topological polar surface area (TPSA) is 116 Å². The zero-order valence-electron chi connectivity index (χ0n) is 16.0. The first-order valence-corrected chi connectivity index (χ1v) is 9.12. The minimum Gasteiger partial charge on any atom is -0.478 e. The maximum atomic E-state index is 12.5. The van der Waals surface area contributed by atoms with Gasteiger partial charge in [0.25, 0.3) is 0 Å². The molecular formula is C18H30O8. The third-order valence-electron chi connectivity index (χ3n) is 3.71. The molecule has 0 aliphatic carbocycles. The summed E-state index contributed by atoms with van der Waals surface area (Å²) in [5, 5.41) is 9.31. The van der Waals surface area contributed by atoms with E-state index in [-0.39, 0.29) is 12.8 Å². The quantitative estimate of drug-likeness (QED) is 0.297. The third-order valence-corrected chi connectivity index (χ3v) is 3.71. The van der Waals surface area contributed by atoms with Crippen LogP contribution in [0.3, 0.4) is 0 Å². The van der Waals surface area contributed by atoms with Crippen LogP contribution in [0.15, 0.2) is 0 Å². The molecule has 8 heteroatoms. The van der Waals surface area contributed by atoms with Gasteiger partial charge >= 0.3 is 23.9 Å². The molecule has 0 aliphatic heterocycles. The van der Waals surface area contributed by atoms with E-state index in [1.165, 1.54) is 13.8 Å². The summed E-state index contributed by atoms with van der Waals surface area (Å²) in [7, 11) is 0. The van der Waals surface area contributed by atoms with Crippen LogP contribution in [0.1, 0.15) is 72.6 Å². The lowest BCUT2D eigenvalue weighted by Crippen LogP contribution is -2.47. The highest BCUT2D eigenvalue weighted by Crippen LogP contribution is 2.16. The van der Waals surface area contributed by atoms with Gasteiger partial charge in [0.1, 0.15) is 6.10 Å². The molecule has 1 N–H and O–H groups in total. The molecule has 0 bridgehead atoms. The first kappa shape index (κ1) is 23.9. The van der Waals surface area contributed by atoms with Crippen molar-refractivity contribution < 1.29 is 38.5 Å². The first-order valence-electron chi connectivity index (χ1n) is 9.12. The Hall–Kier alpha value is -2.12. The van der Waals surface area contributed by atoms with Crippen LogP contribution in [-0.2, 0) is 33.4 Å². The van der Waals surface area contributed by atoms with Gasteiger partial charge in [0.05, 0.1) is 0 Å². The minimum atomic E-state index is -1.95. The number of aliphatic carboxylic acids is 1. The van der Waals surface area contributed by atoms with E-state index in [1.807, 2.05) is 13.8 Å². The molecule has 0 aromatic rings. The average Bonchev–Trinajstić information content (AvgIpc) is 2.62. The molecule has 0 heterocycles. The lowest BCUT2D eigenvalue weighted by molar-refractivity contribution is -0.192. The van der Waals surface area contributed by atoms with Crippen molar-refractivity contribution in [2.75, 3.05) is 0 Å². The number of unbranched alkanes of at least 4 members (excludes halogenated alkanes) is 2. The van der Waals surface area contributed by atoms with Crippen LogP contribution in [0, 0.1) is 0 Å². The van der Waals surface area contributed by atoms with Crippen LogP contribution in [0.25, 0.3) is 0 Å². The second kappa shape index (κ2) is 13.1. The summed E-state index contributed by atoms with van der Waals surface area (Å²) in [6.07, 6.45) is -0.346. The van der Waals surface area contributed by atoms with Gasteiger partial charge in [-0.3, -0.25) is 9.59 Å². The minimum absolute atomic E-state index is 0.0639. The van der Waals surface area contributed by atoms with E-state index in [0.29, 0.717) is 12.8 Å². The molecule has 0 aromatic heterocycles. The van der Waals surface area contributed by atoms with Crippen molar-refractivity contribution in [2.24, 2.45) is 0 Å². The van der Waals surface area contributed by atoms with Gasteiger partial charge in [-0.1, -0.05) is 40.5 Å². The van der Waals surface area contributed by atoms with E-state index in [9.17, 15) is 24.3 Å². The number of carboxylic acids is 1. The molecular weight excluding hydrogens is 344 g/mol. The highest BCUT2D eigenvalue weighted by Gasteiger charge is 2.41. The van der Waals surface area contributed by atoms with Crippen LogP contribution in [0.4, 0.5) is 0 Å². The smallest absolute Gasteiger partial charge is 0.352 e. The van der Waals surface area contributed by atoms with Crippen molar-refractivity contribution in [2.45, 2.75) is 91.0 Å². The monoisotopic (exact) mass is 374 g/mol. The van der Waals surface area contributed by atoms with Gasteiger partial charge < -0.3 is 19.3 Å². The van der Waals surface area contributed by atoms with Crippen molar-refractivity contribution in [3.63, 3.8) is 0 Å². The molecule has 0 saturated heterocycles. The number of carbonyl (C=O) groups excluding carboxylic acids is 3. The standard InChI is InChI=1S/C18H30O8/c1-5-9-10-11-12(6-2)24-18(23)16(26-14(20)8-4)15(17(21)22)25-13(19)7-3/h12,15-16H,5-11H2,1-4H3,(H,21,22)/t12-,15+,16+/m0/s1. The maximum absolute atomic E-state index is 12.5. The van der Waals surface area contributed by atoms with Gasteiger partial charge in [-0.15, -0.1) is 0 Å². The van der Waals surface area contributed by atoms with Crippen molar-refractivity contribution in [1.82, 2.24) is 0 Å². The third kappa shape index (κ3) is 8.82. The van der Waals surface area contributed by atoms with Crippen molar-refractivity contribution >= 4 is 23.9 Å². The maximum Gasteiger partial charge on any atom is 0.352 e. The second-order valence-corrected chi connectivity index (χ2v) is 5.83. The number of rotatable bonds is 13. The molecule has 3 atom stereocenters. The van der Waals surface area contributed by atoms with E-state index in [0.717, 1.165) is 19.3 Å². The largest absolute Gasteiger partial charge is 0.478 e. The highest BCUT2D eigenvalue weighted by atomic mass is 16.6. The first-order chi connectivity index (χ1) is 12.3. The molecule has 0 amide bonds. The number of hydrogen-bond donors (Lipinski definition) is 1. The van der Waals surface area contributed by atoms with Gasteiger partial charge in [-0.2, -0.15) is 0 Å². The zero-order valence-corrected chi connectivity index (χ0v) is 16.0. The zero-order chi connectivity index (χ0) is 20.1. The van der Waals surface area contributed by atoms with Crippen LogP contribution < -0.4 is 0 Å². The van der Waals surface area contributed by atoms with Crippen LogP contribution in [0.2, 0.25) is 0 Å². The molecule has 150 valence electrons. The SMILES string of the molecule is CCCCC[C@H](CC)OC(=O)[C@H](OC(=O)CC)[C@@H](OC(=O)CC)C(=O)O. The van der Waals surface area contributed by atoms with E-state index < -0.39 is 42.2 Å². The molecule has 0 radical (unpaired) electrons. The van der Waals surface area contributed by atoms with Crippen LogP contribution in [0.5, 0.6) is 0 Å². The highest BCUT2D eigenvalue weighted by molar-refractivity contribution is 5.88. The fourth-order valence-corrected chi connectivity index (χ4v) is 2.12. The summed E-state index contributed by atoms with van der Waals surface area (Å²) in [6, 6.07) is 0. The summed E-state index contributed by atoms with van der Waals surface area (Å²) in [5.74, 6) is -4.22. The van der Waals surface area contributed by atoms with Crippen molar-refractivity contribution in [3.05, 3.63) is 0 Å². The predicted octanol–water partition coefficient (Wildman–Crippen LogP) is 2.62. The van der Waals surface area contributed by atoms with Gasteiger partial charge in [-0.25, -0.2) is 9.59 Å². The Morgan fingerprint density at radius 3 is 1.77 bits per heavy atom. The average molecular weight is 374 g/mol. The molecule has 0 spiro atoms. The Labute approximate surface area is 154 Å². The Kier molecular flexibility index (Phi) is 12.1. The predicted molar refractivity (Wildman–Crippen MR) is 92.3 cm³/mol. The Bertz CT molecular complexity index is 474. The number of hydrogen-bond acceptors (Lipinski definition) is 7. The molecule has 0 saturated carbocycles. The van der Waals surface area contributed by atoms with Crippen molar-refractivity contribution in [1.29, 1.82) is 0 Å². The number of ether oxygens (including phenoxy) is 3. The summed E-state index contributed by atoms with van der Waals surface area (Å²) in [6.45, 7) is 6.86. The summed E-state index contributed by atoms with van der Waals surface area (Å²) >= 11 is 0. The molecule has 0 aliphatic rings. The number of carboxylic acid groups (broad SMARTS) is 1. The molecule has 0 aromatic carbocycles. The summed E-state index contributed by atoms with van der Waals surface area (Å²) in [5.41, 5.74) is 0. The van der Waals surface area contributed by atoms with Crippen LogP contribution >= 0.6 is 0 Å². The molecule has 26 heavy (non-hydrogen) atoms. The molecule has 0 fully saturated rings. The normalized spacial score (nSPS) is 14.0. The van der Waals surface area contributed by atoms with E-state index in [4.69, 9.17) is 14.2 Å². The fourth-order valence-electron chi connectivity index (χ4n) is 2.12. The Morgan fingerprint density at radius 1 is 0.808 bits per heavy atom. The fraction of sp³-hybridized carbons (Fsp3) is 0.778. The number of carbonyl (C=O) groups is 4. The Morgan fingerprint density at radius 2 is 1.35 bits per heavy atom. The van der Waals surface area contributed by atoms with E-state index in [2.05, 4.69) is 0 Å². The van der Waals surface area contributed by atoms with Gasteiger partial charge in [-0.05, 0) is 19.3 Å². The summed E-state index contributed by atoms with van der Waals surface area (Å²) < 4.78 is 15.0. The van der Waals surface area contributed by atoms with Crippen LogP contribution in [-0.4, -0.2) is 47.3 Å². The van der Waals surface area contributed by atoms with Crippen molar-refractivity contribution in [3.8, 4) is 0 Å².